The molecule has 3 unspecified atom stereocenters. The van der Waals surface area contributed by atoms with E-state index in [1.54, 1.807) is 4.90 Å². The summed E-state index contributed by atoms with van der Waals surface area (Å²) < 4.78 is 11.0. The number of nitrogens with zero attached hydrogens (tertiary/aromatic N) is 3. The normalized spacial score (nSPS) is 24.3. The molecule has 2 aliphatic heterocycles. The Hall–Kier alpha value is -2.80. The third-order valence-electron chi connectivity index (χ3n) is 9.08. The molecule has 1 aromatic heterocycles. The molecule has 2 amide bonds. The molecule has 2 aromatic rings. The van der Waals surface area contributed by atoms with E-state index in [9.17, 15) is 9.59 Å². The number of hydrogen-bond acceptors (Lipinski definition) is 5. The van der Waals surface area contributed by atoms with Crippen molar-refractivity contribution in [3.63, 3.8) is 0 Å². The van der Waals surface area contributed by atoms with E-state index >= 15 is 0 Å². The lowest BCUT2D eigenvalue weighted by atomic mass is 9.85. The van der Waals surface area contributed by atoms with Crippen LogP contribution in [0.3, 0.4) is 0 Å². The zero-order chi connectivity index (χ0) is 26.8. The summed E-state index contributed by atoms with van der Waals surface area (Å²) in [4.78, 5) is 32.1. The average Bonchev–Trinajstić information content (AvgIpc) is 3.51. The van der Waals surface area contributed by atoms with Gasteiger partial charge in [-0.2, -0.15) is 0 Å². The SMILES string of the molecule is CCOC(=O)N1CCCC2CC(N3CCC(c4ccccc4CN(C)C(=O)c4cc(C)oc4C)CC3)CC21. The summed E-state index contributed by atoms with van der Waals surface area (Å²) in [5, 5.41) is 0. The summed E-state index contributed by atoms with van der Waals surface area (Å²) in [6.45, 7) is 9.66. The predicted molar refractivity (Wildman–Crippen MR) is 147 cm³/mol. The Kier molecular flexibility index (Phi) is 8.12. The molecule has 1 aliphatic carbocycles. The zero-order valence-electron chi connectivity index (χ0n) is 23.4. The maximum Gasteiger partial charge on any atom is 0.410 e. The number of likely N-dealkylation sites (tertiary alicyclic amines) is 2. The monoisotopic (exact) mass is 521 g/mol. The minimum absolute atomic E-state index is 0.00327. The minimum Gasteiger partial charge on any atom is -0.466 e. The van der Waals surface area contributed by atoms with Crippen LogP contribution in [0.15, 0.2) is 34.7 Å². The van der Waals surface area contributed by atoms with Crippen molar-refractivity contribution >= 4 is 12.0 Å². The lowest BCUT2D eigenvalue weighted by molar-refractivity contribution is 0.0637. The molecule has 3 aliphatic rings. The summed E-state index contributed by atoms with van der Waals surface area (Å²) in [5.41, 5.74) is 3.26. The van der Waals surface area contributed by atoms with Gasteiger partial charge in [-0.15, -0.1) is 0 Å². The number of hydrogen-bond donors (Lipinski definition) is 0. The predicted octanol–water partition coefficient (Wildman–Crippen LogP) is 5.75. The van der Waals surface area contributed by atoms with Crippen LogP contribution in [0.1, 0.15) is 84.4 Å². The van der Waals surface area contributed by atoms with Gasteiger partial charge < -0.3 is 23.9 Å². The van der Waals surface area contributed by atoms with Gasteiger partial charge in [-0.3, -0.25) is 4.79 Å². The number of furan rings is 1. The van der Waals surface area contributed by atoms with Crippen molar-refractivity contribution in [1.29, 1.82) is 0 Å². The molecule has 7 heteroatoms. The van der Waals surface area contributed by atoms with Crippen LogP contribution in [0, 0.1) is 19.8 Å². The zero-order valence-corrected chi connectivity index (χ0v) is 23.4. The number of carbonyl (C=O) groups is 2. The first-order valence-corrected chi connectivity index (χ1v) is 14.4. The van der Waals surface area contributed by atoms with E-state index in [1.165, 1.54) is 24.0 Å². The second kappa shape index (κ2) is 11.5. The van der Waals surface area contributed by atoms with Gasteiger partial charge in [-0.25, -0.2) is 4.79 Å². The number of piperidine rings is 2. The van der Waals surface area contributed by atoms with Gasteiger partial charge in [0, 0.05) is 32.2 Å². The fraction of sp³-hybridized carbons (Fsp3) is 0.613. The number of aryl methyl sites for hydroxylation is 2. The molecule has 3 atom stereocenters. The standard InChI is InChI=1S/C31H43N3O4/c1-5-37-31(36)34-14-8-10-24-18-26(19-29(24)34)33-15-12-23(13-16-33)27-11-7-6-9-25(27)20-32(4)30(35)28-17-21(2)38-22(28)3/h6-7,9,11,17,23-24,26,29H,5,8,10,12-16,18-20H2,1-4H3. The molecule has 0 radical (unpaired) electrons. The van der Waals surface area contributed by atoms with Gasteiger partial charge in [0.1, 0.15) is 11.5 Å². The summed E-state index contributed by atoms with van der Waals surface area (Å²) in [7, 11) is 1.88. The molecule has 0 spiro atoms. The topological polar surface area (TPSA) is 66.2 Å². The van der Waals surface area contributed by atoms with Crippen LogP contribution in [-0.2, 0) is 11.3 Å². The first-order valence-electron chi connectivity index (χ1n) is 14.4. The highest BCUT2D eigenvalue weighted by Gasteiger charge is 2.44. The molecule has 1 aromatic carbocycles. The van der Waals surface area contributed by atoms with E-state index in [2.05, 4.69) is 29.2 Å². The molecule has 2 saturated heterocycles. The molecule has 5 rings (SSSR count). The fourth-order valence-corrected chi connectivity index (χ4v) is 7.21. The largest absolute Gasteiger partial charge is 0.466 e. The highest BCUT2D eigenvalue weighted by Crippen LogP contribution is 2.41. The summed E-state index contributed by atoms with van der Waals surface area (Å²) in [6.07, 6.45) is 6.71. The molecule has 3 heterocycles. The van der Waals surface area contributed by atoms with Gasteiger partial charge in [-0.05, 0) is 101 Å². The smallest absolute Gasteiger partial charge is 0.410 e. The van der Waals surface area contributed by atoms with Crippen LogP contribution in [0.2, 0.25) is 0 Å². The molecule has 0 bridgehead atoms. The number of carbonyl (C=O) groups excluding carboxylic acids is 2. The van der Waals surface area contributed by atoms with Gasteiger partial charge in [0.2, 0.25) is 0 Å². The van der Waals surface area contributed by atoms with Crippen molar-refractivity contribution in [3.05, 3.63) is 58.5 Å². The van der Waals surface area contributed by atoms with Crippen LogP contribution < -0.4 is 0 Å². The molecule has 7 nitrogen and oxygen atoms in total. The Balaban J connectivity index is 1.20. The maximum absolute atomic E-state index is 13.1. The van der Waals surface area contributed by atoms with Crippen molar-refractivity contribution in [1.82, 2.24) is 14.7 Å². The summed E-state index contributed by atoms with van der Waals surface area (Å²) in [5.74, 6) is 2.55. The molecular weight excluding hydrogens is 478 g/mol. The van der Waals surface area contributed by atoms with Gasteiger partial charge in [0.05, 0.1) is 12.2 Å². The molecule has 1 saturated carbocycles. The van der Waals surface area contributed by atoms with E-state index in [0.717, 1.165) is 51.1 Å². The van der Waals surface area contributed by atoms with Crippen molar-refractivity contribution in [2.45, 2.75) is 83.8 Å². The average molecular weight is 522 g/mol. The maximum atomic E-state index is 13.1. The van der Waals surface area contributed by atoms with Crippen LogP contribution in [0.25, 0.3) is 0 Å². The Bertz CT molecular complexity index is 1140. The fourth-order valence-electron chi connectivity index (χ4n) is 7.21. The molecule has 3 fully saturated rings. The molecular formula is C31H43N3O4. The van der Waals surface area contributed by atoms with Gasteiger partial charge in [-0.1, -0.05) is 24.3 Å². The van der Waals surface area contributed by atoms with Crippen LogP contribution >= 0.6 is 0 Å². The summed E-state index contributed by atoms with van der Waals surface area (Å²) in [6, 6.07) is 11.4. The minimum atomic E-state index is -0.125. The Morgan fingerprint density at radius 2 is 1.84 bits per heavy atom. The number of amides is 2. The Labute approximate surface area is 227 Å². The van der Waals surface area contributed by atoms with Crippen molar-refractivity contribution in [3.8, 4) is 0 Å². The molecule has 0 N–H and O–H groups in total. The van der Waals surface area contributed by atoms with Crippen molar-refractivity contribution in [2.24, 2.45) is 5.92 Å². The molecule has 38 heavy (non-hydrogen) atoms. The first kappa shape index (κ1) is 26.8. The van der Waals surface area contributed by atoms with E-state index in [4.69, 9.17) is 9.15 Å². The lowest BCUT2D eigenvalue weighted by Crippen LogP contribution is -2.47. The van der Waals surface area contributed by atoms with Gasteiger partial charge in [0.15, 0.2) is 0 Å². The number of fused-ring (bicyclic) bond motifs is 1. The Morgan fingerprint density at radius 3 is 2.55 bits per heavy atom. The number of benzene rings is 1. The first-order chi connectivity index (χ1) is 18.4. The van der Waals surface area contributed by atoms with Gasteiger partial charge in [0.25, 0.3) is 5.91 Å². The highest BCUT2D eigenvalue weighted by molar-refractivity contribution is 5.95. The van der Waals surface area contributed by atoms with E-state index in [1.807, 2.05) is 38.8 Å². The number of rotatable bonds is 6. The third kappa shape index (κ3) is 5.49. The number of ether oxygens (including phenoxy) is 1. The van der Waals surface area contributed by atoms with E-state index in [-0.39, 0.29) is 12.0 Å². The van der Waals surface area contributed by atoms with Crippen LogP contribution in [0.5, 0.6) is 0 Å². The van der Waals surface area contributed by atoms with Crippen LogP contribution in [0.4, 0.5) is 4.79 Å². The second-order valence-corrected chi connectivity index (χ2v) is 11.5. The molecule has 206 valence electrons. The lowest BCUT2D eigenvalue weighted by Gasteiger charge is -2.37. The second-order valence-electron chi connectivity index (χ2n) is 11.5. The van der Waals surface area contributed by atoms with Gasteiger partial charge >= 0.3 is 6.09 Å². The van der Waals surface area contributed by atoms with Crippen LogP contribution in [-0.4, -0.2) is 72.1 Å². The van der Waals surface area contributed by atoms with Crippen molar-refractivity contribution < 1.29 is 18.7 Å². The van der Waals surface area contributed by atoms with E-state index < -0.39 is 0 Å². The Morgan fingerprint density at radius 1 is 1.08 bits per heavy atom. The summed E-state index contributed by atoms with van der Waals surface area (Å²) >= 11 is 0. The quantitative estimate of drug-likeness (QED) is 0.484. The highest BCUT2D eigenvalue weighted by atomic mass is 16.6. The van der Waals surface area contributed by atoms with E-state index in [0.29, 0.717) is 48.4 Å². The third-order valence-corrected chi connectivity index (χ3v) is 9.08. The van der Waals surface area contributed by atoms with Crippen molar-refractivity contribution in [2.75, 3.05) is 33.3 Å².